The Labute approximate surface area is 150 Å². The van der Waals surface area contributed by atoms with Gasteiger partial charge in [-0.1, -0.05) is 24.3 Å². The molecule has 1 aromatic carbocycles. The molecule has 3 aromatic rings. The van der Waals surface area contributed by atoms with Crippen molar-refractivity contribution in [3.05, 3.63) is 67.5 Å². The van der Waals surface area contributed by atoms with E-state index in [9.17, 15) is 0 Å². The maximum absolute atomic E-state index is 5.44. The van der Waals surface area contributed by atoms with E-state index in [1.54, 1.807) is 12.4 Å². The number of hydrogen-bond donors (Lipinski definition) is 0. The standard InChI is InChI=1S/C12H8N2.C5H6.CH3.2ClH.Ru/c1-3-9-5-6-10-4-2-8-14-12(10)11(9)13-7-1;1-4-5(2)3;;;;/h1-8H;2-3H3;1H3;2*1H;/q;;-1;;;+2/p-2. The van der Waals surface area contributed by atoms with E-state index in [4.69, 9.17) is 19.4 Å². The molecule has 0 bridgehead atoms. The van der Waals surface area contributed by atoms with Crippen molar-refractivity contribution in [3.8, 4) is 0 Å². The summed E-state index contributed by atoms with van der Waals surface area (Å²) in [5.74, 6) is 0. The maximum atomic E-state index is 5.44. The fourth-order valence-corrected chi connectivity index (χ4v) is 2.80. The predicted octanol–water partition coefficient (Wildman–Crippen LogP) is 5.67. The average Bonchev–Trinajstić information content (AvgIpc) is 2.53. The molecule has 0 aliphatic carbocycles. The molecule has 2 aromatic heterocycles. The van der Waals surface area contributed by atoms with Gasteiger partial charge in [0, 0.05) is 23.2 Å². The molecule has 0 N–H and O–H groups in total. The first-order valence-electron chi connectivity index (χ1n) is 6.48. The first-order valence-corrected chi connectivity index (χ1v) is 11.8. The Morgan fingerprint density at radius 2 is 1.39 bits per heavy atom. The van der Waals surface area contributed by atoms with Gasteiger partial charge >= 0.3 is 62.3 Å². The van der Waals surface area contributed by atoms with Crippen LogP contribution < -0.4 is 0 Å². The van der Waals surface area contributed by atoms with Crippen LogP contribution in [0.3, 0.4) is 0 Å². The van der Waals surface area contributed by atoms with Gasteiger partial charge in [0.25, 0.3) is 0 Å². The van der Waals surface area contributed by atoms with Gasteiger partial charge in [-0.15, -0.1) is 0 Å². The number of hydrogen-bond acceptors (Lipinski definition) is 2. The predicted molar refractivity (Wildman–Crippen MR) is 98.5 cm³/mol. The summed E-state index contributed by atoms with van der Waals surface area (Å²) in [6.07, 6.45) is 3.60. The van der Waals surface area contributed by atoms with Crippen molar-refractivity contribution in [2.75, 3.05) is 0 Å². The quantitative estimate of drug-likeness (QED) is 0.198. The van der Waals surface area contributed by atoms with E-state index in [1.165, 1.54) is 0 Å². The number of aromatic nitrogens is 2. The zero-order chi connectivity index (χ0) is 15.9. The van der Waals surface area contributed by atoms with Gasteiger partial charge in [-0.25, -0.2) is 0 Å². The Bertz CT molecular complexity index is 826. The number of pyridine rings is 2. The van der Waals surface area contributed by atoms with Crippen molar-refractivity contribution in [2.24, 2.45) is 0 Å². The second kappa shape index (κ2) is 9.73. The molecule has 0 fully saturated rings. The SMILES string of the molecule is CC(C)=C=[C]=[Ru]([Cl])[Cl].[CH3-].c1cnc2c(c1)ccc1cccnc12. The number of rotatable bonds is 0. The summed E-state index contributed by atoms with van der Waals surface area (Å²) in [5.41, 5.74) is 5.83. The molecule has 23 heavy (non-hydrogen) atoms. The summed E-state index contributed by atoms with van der Waals surface area (Å²) in [6.45, 7) is 3.86. The Balaban J connectivity index is 0.000000258. The van der Waals surface area contributed by atoms with Gasteiger partial charge in [-0.2, -0.15) is 0 Å². The molecule has 2 nitrogen and oxygen atoms in total. The van der Waals surface area contributed by atoms with Crippen LogP contribution in [0.25, 0.3) is 21.8 Å². The van der Waals surface area contributed by atoms with Crippen molar-refractivity contribution >= 4 is 45.5 Å². The van der Waals surface area contributed by atoms with Crippen molar-refractivity contribution < 1.29 is 13.5 Å². The van der Waals surface area contributed by atoms with E-state index in [0.29, 0.717) is 0 Å². The number of nitrogens with zero attached hydrogens (tertiary/aromatic N) is 2. The molecule has 122 valence electrons. The molecule has 0 amide bonds. The average molecular weight is 433 g/mol. The zero-order valence-electron chi connectivity index (χ0n) is 13.1. The van der Waals surface area contributed by atoms with Crippen LogP contribution in [0.1, 0.15) is 13.8 Å². The van der Waals surface area contributed by atoms with Crippen molar-refractivity contribution in [1.29, 1.82) is 0 Å². The molecule has 5 heteroatoms. The third-order valence-electron chi connectivity index (χ3n) is 2.71. The van der Waals surface area contributed by atoms with Crippen LogP contribution >= 0.6 is 19.4 Å². The molecule has 3 rings (SSSR count). The number of allylic oxidation sites excluding steroid dienone is 1. The van der Waals surface area contributed by atoms with Gasteiger partial charge in [0.1, 0.15) is 0 Å². The van der Waals surface area contributed by atoms with Crippen LogP contribution in [0.15, 0.2) is 60.1 Å². The van der Waals surface area contributed by atoms with Crippen LogP contribution in [0, 0.1) is 7.43 Å². The van der Waals surface area contributed by atoms with E-state index in [2.05, 4.69) is 44.2 Å². The molecule has 0 saturated carbocycles. The first kappa shape index (κ1) is 19.7. The van der Waals surface area contributed by atoms with Crippen LogP contribution in [-0.4, -0.2) is 14.2 Å². The van der Waals surface area contributed by atoms with E-state index in [0.717, 1.165) is 27.4 Å². The minimum Gasteiger partial charge on any atom is -0.358 e. The van der Waals surface area contributed by atoms with E-state index >= 15 is 0 Å². The Hall–Kier alpha value is -1.33. The fourth-order valence-electron chi connectivity index (χ4n) is 1.80. The summed E-state index contributed by atoms with van der Waals surface area (Å²) in [7, 11) is 10.9. The van der Waals surface area contributed by atoms with Crippen LogP contribution in [0.5, 0.6) is 0 Å². The summed E-state index contributed by atoms with van der Waals surface area (Å²) < 4.78 is 2.73. The Kier molecular flexibility index (Phi) is 8.34. The molecule has 0 radical (unpaired) electrons. The van der Waals surface area contributed by atoms with Crippen LogP contribution in [0.2, 0.25) is 0 Å². The van der Waals surface area contributed by atoms with Gasteiger partial charge < -0.3 is 7.43 Å². The van der Waals surface area contributed by atoms with Crippen LogP contribution in [0.4, 0.5) is 0 Å². The zero-order valence-corrected chi connectivity index (χ0v) is 16.4. The Morgan fingerprint density at radius 3 is 1.74 bits per heavy atom. The molecular weight excluding hydrogens is 416 g/mol. The molecule has 0 saturated heterocycles. The summed E-state index contributed by atoms with van der Waals surface area (Å²) in [6, 6.07) is 12.1. The van der Waals surface area contributed by atoms with Gasteiger partial charge in [0.05, 0.1) is 11.0 Å². The van der Waals surface area contributed by atoms with Crippen molar-refractivity contribution in [2.45, 2.75) is 13.8 Å². The minimum absolute atomic E-state index is 0. The number of fused-ring (bicyclic) bond motifs is 3. The van der Waals surface area contributed by atoms with E-state index < -0.39 is 13.5 Å². The summed E-state index contributed by atoms with van der Waals surface area (Å²) >= 11 is -1.70. The Morgan fingerprint density at radius 1 is 0.913 bits per heavy atom. The summed E-state index contributed by atoms with van der Waals surface area (Å²) in [5, 5.41) is 2.28. The topological polar surface area (TPSA) is 25.8 Å². The third kappa shape index (κ3) is 6.00. The van der Waals surface area contributed by atoms with E-state index in [-0.39, 0.29) is 7.43 Å². The number of halogens is 2. The van der Waals surface area contributed by atoms with Crippen molar-refractivity contribution in [3.63, 3.8) is 0 Å². The molecule has 0 aliphatic heterocycles. The third-order valence-corrected chi connectivity index (χ3v) is 4.04. The molecule has 0 aliphatic rings. The molecule has 0 unspecified atom stereocenters. The van der Waals surface area contributed by atoms with Crippen LogP contribution in [-0.2, 0) is 13.5 Å². The normalized spacial score (nSPS) is 9.83. The van der Waals surface area contributed by atoms with E-state index in [1.807, 2.05) is 26.0 Å². The largest absolute Gasteiger partial charge is 0.358 e. The first-order chi connectivity index (χ1) is 10.6. The maximum Gasteiger partial charge on any atom is 0.0964 e. The second-order valence-electron chi connectivity index (χ2n) is 4.61. The fraction of sp³-hybridized carbons (Fsp3) is 0.111. The monoisotopic (exact) mass is 433 g/mol. The molecule has 0 atom stereocenters. The van der Waals surface area contributed by atoms with Gasteiger partial charge in [0.15, 0.2) is 0 Å². The molecule has 2 heterocycles. The second-order valence-corrected chi connectivity index (χ2v) is 9.92. The molecule has 0 spiro atoms. The smallest absolute Gasteiger partial charge is 0.0964 e. The number of benzene rings is 1. The van der Waals surface area contributed by atoms with Gasteiger partial charge in [-0.3, -0.25) is 9.97 Å². The summed E-state index contributed by atoms with van der Waals surface area (Å²) in [4.78, 5) is 8.69. The van der Waals surface area contributed by atoms with Gasteiger partial charge in [0.2, 0.25) is 0 Å². The van der Waals surface area contributed by atoms with Gasteiger partial charge in [-0.05, 0) is 12.1 Å². The minimum atomic E-state index is -1.70. The van der Waals surface area contributed by atoms with Crippen molar-refractivity contribution in [1.82, 2.24) is 9.97 Å². The molecular formula is C18H17Cl2N2Ru-.